The number of benzene rings is 2. The van der Waals surface area contributed by atoms with Crippen LogP contribution in [0, 0.1) is 17.8 Å². The first kappa shape index (κ1) is 41.2. The quantitative estimate of drug-likeness (QED) is 0.273. The molecule has 308 valence electrons. The van der Waals surface area contributed by atoms with Crippen LogP contribution in [0.25, 0.3) is 0 Å². The zero-order valence-electron chi connectivity index (χ0n) is 32.8. The second-order valence-corrected chi connectivity index (χ2v) is 18.3. The highest BCUT2D eigenvalue weighted by Gasteiger charge is 2.44. The van der Waals surface area contributed by atoms with Gasteiger partial charge in [-0.15, -0.1) is 9.46 Å². The van der Waals surface area contributed by atoms with Crippen molar-refractivity contribution >= 4 is 39.0 Å². The molecule has 2 amide bonds. The molecular weight excluding hydrogens is 774 g/mol. The van der Waals surface area contributed by atoms with Gasteiger partial charge in [-0.25, -0.2) is 4.21 Å². The first-order valence-corrected chi connectivity index (χ1v) is 21.5. The third-order valence-corrected chi connectivity index (χ3v) is 14.0. The summed E-state index contributed by atoms with van der Waals surface area (Å²) in [5, 5.41) is 24.6. The third kappa shape index (κ3) is 8.74. The van der Waals surface area contributed by atoms with Crippen LogP contribution in [-0.4, -0.2) is 107 Å². The topological polar surface area (TPSA) is 174 Å². The van der Waals surface area contributed by atoms with E-state index in [4.69, 9.17) is 30.5 Å². The zero-order chi connectivity index (χ0) is 40.5. The Bertz CT molecular complexity index is 2140. The summed E-state index contributed by atoms with van der Waals surface area (Å²) >= 11 is 6.47. The molecule has 7 rings (SSSR count). The zero-order valence-corrected chi connectivity index (χ0v) is 34.3. The lowest BCUT2D eigenvalue weighted by Crippen LogP contribution is -2.49. The Morgan fingerprint density at radius 1 is 1.18 bits per heavy atom. The number of ether oxygens (including phenoxy) is 4. The molecule has 3 heterocycles. The normalized spacial score (nSPS) is 29.8. The smallest absolute Gasteiger partial charge is 0.286 e. The number of aliphatic hydroxyl groups excluding tert-OH is 2. The van der Waals surface area contributed by atoms with Crippen molar-refractivity contribution in [2.24, 2.45) is 29.2 Å². The Hall–Kier alpha value is -3.99. The molecule has 14 nitrogen and oxygen atoms in total. The number of aryl methyl sites for hydroxylation is 2. The molecule has 2 aliphatic carbocycles. The Labute approximate surface area is 338 Å². The summed E-state index contributed by atoms with van der Waals surface area (Å²) in [6.45, 7) is 2.80. The van der Waals surface area contributed by atoms with E-state index in [1.807, 2.05) is 18.2 Å². The van der Waals surface area contributed by atoms with Crippen LogP contribution in [0.5, 0.6) is 11.6 Å². The van der Waals surface area contributed by atoms with E-state index in [0.717, 1.165) is 37.8 Å². The summed E-state index contributed by atoms with van der Waals surface area (Å²) in [7, 11) is 0.798. The van der Waals surface area contributed by atoms with Crippen molar-refractivity contribution in [3.05, 3.63) is 82.0 Å². The molecule has 1 fully saturated rings. The standard InChI is InChI=1S/C41H52ClN5O9S/c1-25-22-57(52,45-39(51)32-19-46(2)43-40(32)54-4)44-38(50)27-8-12-37-34(17-27)47(23-41(24-56-37)15-5-6-26-16-29(42)9-11-33(26)41)18-28-7-10-31(28)36(53-3)14-13-35(25)55-21-30(49)20-48/h8-9,11-14,16-17,19,25,28,30-31,35-36,48-49H,5-7,10,15,18,20-24H2,1-4H3,(H,44,45,50,51,52)/b14-13+/t25-,28+,30?,31-,35+,36+,41+,57?/m1/s1. The van der Waals surface area contributed by atoms with E-state index in [9.17, 15) is 24.0 Å². The Morgan fingerprint density at radius 2 is 1.98 bits per heavy atom. The second kappa shape index (κ2) is 17.1. The number of rotatable bonds is 8. The number of anilines is 1. The molecule has 57 heavy (non-hydrogen) atoms. The van der Waals surface area contributed by atoms with Gasteiger partial charge in [0.05, 0.1) is 50.6 Å². The summed E-state index contributed by atoms with van der Waals surface area (Å²) in [6.07, 6.45) is 7.74. The van der Waals surface area contributed by atoms with Crippen molar-refractivity contribution in [2.75, 3.05) is 57.8 Å². The average molecular weight is 826 g/mol. The molecule has 0 radical (unpaired) electrons. The van der Waals surface area contributed by atoms with E-state index < -0.39 is 46.5 Å². The maximum absolute atomic E-state index is 15.0. The van der Waals surface area contributed by atoms with E-state index in [1.165, 1.54) is 29.1 Å². The van der Waals surface area contributed by atoms with E-state index in [0.29, 0.717) is 30.5 Å². The van der Waals surface area contributed by atoms with Gasteiger partial charge >= 0.3 is 0 Å². The second-order valence-electron chi connectivity index (χ2n) is 15.8. The summed E-state index contributed by atoms with van der Waals surface area (Å²) in [4.78, 5) is 30.3. The van der Waals surface area contributed by atoms with Gasteiger partial charge < -0.3 is 34.1 Å². The molecule has 1 aromatic heterocycles. The number of fused-ring (bicyclic) bond motifs is 4. The lowest BCUT2D eigenvalue weighted by atomic mass is 9.68. The van der Waals surface area contributed by atoms with Crippen LogP contribution < -0.4 is 19.1 Å². The largest absolute Gasteiger partial charge is 0.490 e. The van der Waals surface area contributed by atoms with Crippen LogP contribution in [0.15, 0.2) is 59.1 Å². The third-order valence-electron chi connectivity index (χ3n) is 11.9. The minimum Gasteiger partial charge on any atom is -0.490 e. The number of hydrogen-bond acceptors (Lipinski definition) is 11. The van der Waals surface area contributed by atoms with Gasteiger partial charge in [-0.2, -0.15) is 0 Å². The molecule has 2 unspecified atom stereocenters. The fourth-order valence-corrected chi connectivity index (χ4v) is 10.9. The molecular formula is C41H52ClN5O9S. The van der Waals surface area contributed by atoms with Crippen molar-refractivity contribution < 1.29 is 43.0 Å². The number of halogens is 1. The molecule has 2 aromatic carbocycles. The molecule has 2 aliphatic heterocycles. The van der Waals surface area contributed by atoms with Gasteiger partial charge in [0.2, 0.25) is 5.88 Å². The van der Waals surface area contributed by atoms with Gasteiger partial charge in [-0.1, -0.05) is 36.7 Å². The van der Waals surface area contributed by atoms with Crippen molar-refractivity contribution in [1.29, 1.82) is 0 Å². The predicted octanol–water partition coefficient (Wildman–Crippen LogP) is 4.49. The Balaban J connectivity index is 1.33. The average Bonchev–Trinajstić information content (AvgIpc) is 3.50. The van der Waals surface area contributed by atoms with E-state index in [2.05, 4.69) is 31.2 Å². The van der Waals surface area contributed by atoms with Crippen molar-refractivity contribution in [3.8, 4) is 11.6 Å². The summed E-state index contributed by atoms with van der Waals surface area (Å²) in [6, 6.07) is 11.3. The molecule has 3 aromatic rings. The number of hydrogen-bond donors (Lipinski definition) is 3. The maximum Gasteiger partial charge on any atom is 0.286 e. The molecule has 8 atom stereocenters. The van der Waals surface area contributed by atoms with E-state index >= 15 is 0 Å². The first-order chi connectivity index (χ1) is 27.3. The fourth-order valence-electron chi connectivity index (χ4n) is 8.80. The van der Waals surface area contributed by atoms with Crippen LogP contribution in [0.2, 0.25) is 5.02 Å². The SMILES string of the molecule is COc1nn(C)cc1C(=O)NS1(=O)=NC(=O)c2ccc3c(c2)N(C[C@@H]2CC[C@H]2[C@@H](OC)/C=C/[C@H](OCC(O)CO)[C@H](C)C1)C[C@@]1(CCCc2cc(Cl)ccc21)CO3. The number of carbonyl (C=O) groups is 2. The molecule has 1 spiro atoms. The Kier molecular flexibility index (Phi) is 12.3. The van der Waals surface area contributed by atoms with Crippen molar-refractivity contribution in [2.45, 2.75) is 62.8 Å². The number of aromatic nitrogens is 2. The lowest BCUT2D eigenvalue weighted by Gasteiger charge is -2.46. The summed E-state index contributed by atoms with van der Waals surface area (Å²) in [5.41, 5.74) is 3.05. The summed E-state index contributed by atoms with van der Waals surface area (Å²) in [5.74, 6) is -1.41. The van der Waals surface area contributed by atoms with E-state index in [1.54, 1.807) is 39.3 Å². The molecule has 1 saturated carbocycles. The van der Waals surface area contributed by atoms with Gasteiger partial charge in [-0.3, -0.25) is 19.0 Å². The minimum atomic E-state index is -3.86. The van der Waals surface area contributed by atoms with Crippen molar-refractivity contribution in [3.63, 3.8) is 0 Å². The number of nitrogens with one attached hydrogen (secondary N) is 1. The minimum absolute atomic E-state index is 0.0138. The number of carbonyl (C=O) groups excluding carboxylic acids is 2. The summed E-state index contributed by atoms with van der Waals surface area (Å²) < 4.78 is 47.3. The predicted molar refractivity (Wildman–Crippen MR) is 215 cm³/mol. The first-order valence-electron chi connectivity index (χ1n) is 19.5. The highest BCUT2D eigenvalue weighted by atomic mass is 35.5. The molecule has 2 bridgehead atoms. The van der Waals surface area contributed by atoms with Gasteiger partial charge in [0.25, 0.3) is 11.8 Å². The number of nitrogens with zero attached hydrogens (tertiary/aromatic N) is 4. The van der Waals surface area contributed by atoms with Crippen LogP contribution in [0.1, 0.15) is 64.4 Å². The van der Waals surface area contributed by atoms with Crippen molar-refractivity contribution in [1.82, 2.24) is 14.5 Å². The number of methoxy groups -OCH3 is 2. The van der Waals surface area contributed by atoms with Crippen LogP contribution in [-0.2, 0) is 38.3 Å². The maximum atomic E-state index is 15.0. The fraction of sp³-hybridized carbons (Fsp3) is 0.537. The highest BCUT2D eigenvalue weighted by molar-refractivity contribution is 7.92. The molecule has 0 saturated heterocycles. The van der Waals surface area contributed by atoms with Gasteiger partial charge in [0.15, 0.2) is 0 Å². The van der Waals surface area contributed by atoms with Crippen LogP contribution >= 0.6 is 11.6 Å². The van der Waals surface area contributed by atoms with Gasteiger partial charge in [0, 0.05) is 55.4 Å². The van der Waals surface area contributed by atoms with E-state index in [-0.39, 0.29) is 52.7 Å². The molecule has 3 N–H and O–H groups in total. The monoisotopic (exact) mass is 825 g/mol. The Morgan fingerprint density at radius 3 is 2.72 bits per heavy atom. The number of amides is 2. The molecule has 4 aliphatic rings. The van der Waals surface area contributed by atoms with Gasteiger partial charge in [-0.05, 0) is 85.4 Å². The highest BCUT2D eigenvalue weighted by Crippen LogP contribution is 2.47. The molecule has 16 heteroatoms. The van der Waals surface area contributed by atoms with Crippen LogP contribution in [0.4, 0.5) is 5.69 Å². The van der Waals surface area contributed by atoms with Gasteiger partial charge in [0.1, 0.15) is 27.3 Å². The lowest BCUT2D eigenvalue weighted by molar-refractivity contribution is -0.0272. The van der Waals surface area contributed by atoms with Crippen LogP contribution in [0.3, 0.4) is 0 Å². The number of aliphatic hydroxyl groups is 2.